The van der Waals surface area contributed by atoms with Crippen LogP contribution in [0.25, 0.3) is 0 Å². The van der Waals surface area contributed by atoms with Crippen molar-refractivity contribution >= 4 is 35.1 Å². The van der Waals surface area contributed by atoms with Gasteiger partial charge >= 0.3 is 11.9 Å². The second-order valence-corrected chi connectivity index (χ2v) is 4.03. The van der Waals surface area contributed by atoms with Crippen LogP contribution < -0.4 is 0 Å². The molecule has 0 atom stereocenters. The Hall–Kier alpha value is -2.18. The van der Waals surface area contributed by atoms with E-state index >= 15 is 0 Å². The lowest BCUT2D eigenvalue weighted by Gasteiger charge is -2.01. The Bertz CT molecular complexity index is 393. The number of hydrogen-bond donors (Lipinski definition) is 0. The molecule has 7 nitrogen and oxygen atoms in total. The van der Waals surface area contributed by atoms with Gasteiger partial charge in [-0.1, -0.05) is 0 Å². The van der Waals surface area contributed by atoms with Gasteiger partial charge in [-0.25, -0.2) is 0 Å². The molecule has 0 aliphatic carbocycles. The SMILES string of the molecule is CC(=O)CC(=O)CC(=O)OC(=O)CC(=O)CC(C)=O. The minimum absolute atomic E-state index is 0.402. The summed E-state index contributed by atoms with van der Waals surface area (Å²) in [6.07, 6.45) is -2.22. The Kier molecular flexibility index (Phi) is 7.10. The number of carbonyl (C=O) groups is 6. The smallest absolute Gasteiger partial charge is 0.320 e. The van der Waals surface area contributed by atoms with E-state index in [-0.39, 0.29) is 0 Å². The summed E-state index contributed by atoms with van der Waals surface area (Å²) in [5.41, 5.74) is 0. The van der Waals surface area contributed by atoms with Crippen molar-refractivity contribution in [2.24, 2.45) is 0 Å². The van der Waals surface area contributed by atoms with E-state index in [9.17, 15) is 28.8 Å². The van der Waals surface area contributed by atoms with Crippen LogP contribution in [-0.2, 0) is 33.5 Å². The Morgan fingerprint density at radius 1 is 0.632 bits per heavy atom. The van der Waals surface area contributed by atoms with Crippen molar-refractivity contribution in [3.63, 3.8) is 0 Å². The lowest BCUT2D eigenvalue weighted by atomic mass is 10.1. The van der Waals surface area contributed by atoms with Crippen LogP contribution in [0.1, 0.15) is 39.5 Å². The van der Waals surface area contributed by atoms with E-state index in [0.717, 1.165) is 0 Å². The molecule has 0 heterocycles. The molecular formula is C12H14O7. The van der Waals surface area contributed by atoms with Gasteiger partial charge in [0.05, 0.1) is 12.8 Å². The summed E-state index contributed by atoms with van der Waals surface area (Å²) >= 11 is 0. The lowest BCUT2D eigenvalue weighted by molar-refractivity contribution is -0.160. The molecule has 7 heteroatoms. The molecule has 0 saturated heterocycles. The number of rotatable bonds is 8. The third-order valence-electron chi connectivity index (χ3n) is 1.80. The van der Waals surface area contributed by atoms with Crippen LogP contribution in [0, 0.1) is 0 Å². The first-order valence-electron chi connectivity index (χ1n) is 5.46. The molecule has 0 N–H and O–H groups in total. The summed E-state index contributed by atoms with van der Waals surface area (Å²) in [6.45, 7) is 2.38. The third-order valence-corrected chi connectivity index (χ3v) is 1.80. The van der Waals surface area contributed by atoms with Crippen molar-refractivity contribution in [3.05, 3.63) is 0 Å². The average molecular weight is 270 g/mol. The number of hydrogen-bond acceptors (Lipinski definition) is 7. The van der Waals surface area contributed by atoms with E-state index in [2.05, 4.69) is 4.74 Å². The Morgan fingerprint density at radius 2 is 0.947 bits per heavy atom. The molecule has 0 radical (unpaired) electrons. The number of carbonyl (C=O) groups excluding carboxylic acids is 6. The first kappa shape index (κ1) is 16.8. The summed E-state index contributed by atoms with van der Waals surface area (Å²) in [5.74, 6) is -4.37. The van der Waals surface area contributed by atoms with E-state index in [1.165, 1.54) is 13.8 Å². The molecule has 0 saturated carbocycles. The average Bonchev–Trinajstić information content (AvgIpc) is 2.12. The second kappa shape index (κ2) is 8.02. The van der Waals surface area contributed by atoms with Gasteiger partial charge in [0.25, 0.3) is 0 Å². The predicted molar refractivity (Wildman–Crippen MR) is 60.9 cm³/mol. The van der Waals surface area contributed by atoms with Crippen molar-refractivity contribution in [1.82, 2.24) is 0 Å². The minimum atomic E-state index is -1.12. The number of ketones is 4. The highest BCUT2D eigenvalue weighted by Gasteiger charge is 2.18. The van der Waals surface area contributed by atoms with Crippen molar-refractivity contribution in [2.45, 2.75) is 39.5 Å². The maximum absolute atomic E-state index is 11.1. The van der Waals surface area contributed by atoms with Gasteiger partial charge in [-0.2, -0.15) is 0 Å². The number of Topliss-reactive ketones (excluding diaryl/α,β-unsaturated/α-hetero) is 4. The van der Waals surface area contributed by atoms with Crippen LogP contribution >= 0.6 is 0 Å². The Morgan fingerprint density at radius 3 is 1.21 bits per heavy atom. The molecular weight excluding hydrogens is 256 g/mol. The zero-order valence-electron chi connectivity index (χ0n) is 10.7. The maximum Gasteiger partial charge on any atom is 0.320 e. The minimum Gasteiger partial charge on any atom is -0.392 e. The molecule has 0 bridgehead atoms. The molecule has 0 amide bonds. The molecule has 0 aliphatic heterocycles. The summed E-state index contributed by atoms with van der Waals surface area (Å²) in [5, 5.41) is 0. The van der Waals surface area contributed by atoms with Gasteiger partial charge in [-0.3, -0.25) is 28.8 Å². The molecule has 0 rings (SSSR count). The van der Waals surface area contributed by atoms with Crippen LogP contribution in [0.15, 0.2) is 0 Å². The van der Waals surface area contributed by atoms with Gasteiger partial charge in [-0.15, -0.1) is 0 Å². The molecule has 104 valence electrons. The maximum atomic E-state index is 11.1. The van der Waals surface area contributed by atoms with Gasteiger partial charge in [0.15, 0.2) is 11.6 Å². The van der Waals surface area contributed by atoms with Crippen molar-refractivity contribution < 1.29 is 33.5 Å². The van der Waals surface area contributed by atoms with E-state index in [4.69, 9.17) is 0 Å². The first-order valence-corrected chi connectivity index (χ1v) is 5.46. The van der Waals surface area contributed by atoms with Crippen molar-refractivity contribution in [1.29, 1.82) is 0 Å². The molecule has 0 aromatic carbocycles. The van der Waals surface area contributed by atoms with E-state index in [1.807, 2.05) is 0 Å². The molecule has 0 fully saturated rings. The van der Waals surface area contributed by atoms with Crippen LogP contribution in [0.5, 0.6) is 0 Å². The fraction of sp³-hybridized carbons (Fsp3) is 0.500. The standard InChI is InChI=1S/C12H14O7/c1-7(13)3-9(15)5-11(17)19-12(18)6-10(16)4-8(2)14/h3-6H2,1-2H3. The largest absolute Gasteiger partial charge is 0.392 e. The molecule has 0 aliphatic rings. The first-order chi connectivity index (χ1) is 8.70. The zero-order chi connectivity index (χ0) is 15.0. The molecule has 0 aromatic rings. The van der Waals surface area contributed by atoms with Crippen LogP contribution in [0.2, 0.25) is 0 Å². The Labute approximate surface area is 109 Å². The zero-order valence-corrected chi connectivity index (χ0v) is 10.7. The summed E-state index contributed by atoms with van der Waals surface area (Å²) in [4.78, 5) is 65.5. The van der Waals surface area contributed by atoms with Crippen LogP contribution in [0.4, 0.5) is 0 Å². The van der Waals surface area contributed by atoms with Crippen molar-refractivity contribution in [2.75, 3.05) is 0 Å². The summed E-state index contributed by atoms with van der Waals surface area (Å²) in [7, 11) is 0. The van der Waals surface area contributed by atoms with E-state index in [0.29, 0.717) is 0 Å². The molecule has 0 aromatic heterocycles. The fourth-order valence-corrected chi connectivity index (χ4v) is 1.20. The summed E-state index contributed by atoms with van der Waals surface area (Å²) in [6, 6.07) is 0. The van der Waals surface area contributed by atoms with Gasteiger partial charge in [0.2, 0.25) is 0 Å². The van der Waals surface area contributed by atoms with Crippen LogP contribution in [0.3, 0.4) is 0 Å². The number of esters is 2. The normalized spacial score (nSPS) is 9.58. The van der Waals surface area contributed by atoms with Crippen LogP contribution in [-0.4, -0.2) is 35.1 Å². The highest BCUT2D eigenvalue weighted by Crippen LogP contribution is 1.99. The van der Waals surface area contributed by atoms with Crippen molar-refractivity contribution in [3.8, 4) is 0 Å². The number of ether oxygens (including phenoxy) is 1. The molecule has 0 unspecified atom stereocenters. The molecule has 0 spiro atoms. The lowest BCUT2D eigenvalue weighted by Crippen LogP contribution is -2.20. The predicted octanol–water partition coefficient (Wildman–Crippen LogP) is -0.0672. The summed E-state index contributed by atoms with van der Waals surface area (Å²) < 4.78 is 4.21. The van der Waals surface area contributed by atoms with Gasteiger partial charge in [0.1, 0.15) is 24.4 Å². The van der Waals surface area contributed by atoms with E-state index < -0.39 is 60.8 Å². The monoisotopic (exact) mass is 270 g/mol. The molecule has 19 heavy (non-hydrogen) atoms. The highest BCUT2D eigenvalue weighted by molar-refractivity contribution is 6.09. The second-order valence-electron chi connectivity index (χ2n) is 4.03. The van der Waals surface area contributed by atoms with Gasteiger partial charge in [0, 0.05) is 0 Å². The highest BCUT2D eigenvalue weighted by atomic mass is 16.6. The van der Waals surface area contributed by atoms with Gasteiger partial charge in [-0.05, 0) is 13.8 Å². The van der Waals surface area contributed by atoms with E-state index in [1.54, 1.807) is 0 Å². The Balaban J connectivity index is 4.09. The topological polar surface area (TPSA) is 112 Å². The fourth-order valence-electron chi connectivity index (χ4n) is 1.20. The third kappa shape index (κ3) is 9.51. The van der Waals surface area contributed by atoms with Gasteiger partial charge < -0.3 is 4.74 Å². The quantitative estimate of drug-likeness (QED) is 0.448.